The quantitative estimate of drug-likeness (QED) is 0.800. The number of benzene rings is 1. The fourth-order valence-electron chi connectivity index (χ4n) is 2.26. The van der Waals surface area contributed by atoms with Gasteiger partial charge in [-0.3, -0.25) is 0 Å². The lowest BCUT2D eigenvalue weighted by Crippen LogP contribution is -2.41. The van der Waals surface area contributed by atoms with Crippen molar-refractivity contribution in [2.75, 3.05) is 0 Å². The van der Waals surface area contributed by atoms with Crippen LogP contribution in [0.25, 0.3) is 10.9 Å². The molecular weight excluding hydrogens is 244 g/mol. The number of aromatic amines is 1. The van der Waals surface area contributed by atoms with Gasteiger partial charge in [-0.15, -0.1) is 0 Å². The lowest BCUT2D eigenvalue weighted by molar-refractivity contribution is 0.00578. The number of aromatic nitrogens is 1. The smallest absolute Gasteiger partial charge is 0.399 e. The second-order valence-electron chi connectivity index (χ2n) is 6.03. The predicted molar refractivity (Wildman–Crippen MR) is 74.0 cm³/mol. The molecule has 1 aromatic heterocycles. The van der Waals surface area contributed by atoms with E-state index in [9.17, 15) is 4.39 Å². The van der Waals surface area contributed by atoms with Gasteiger partial charge in [0.2, 0.25) is 0 Å². The number of H-pyrrole nitrogens is 1. The maximum Gasteiger partial charge on any atom is 0.494 e. The van der Waals surface area contributed by atoms with Gasteiger partial charge in [0.1, 0.15) is 5.82 Å². The van der Waals surface area contributed by atoms with E-state index in [2.05, 4.69) is 4.98 Å². The van der Waals surface area contributed by atoms with E-state index in [1.807, 2.05) is 39.8 Å². The molecule has 0 aliphatic carbocycles. The molecule has 0 spiro atoms. The molecule has 1 aromatic carbocycles. The molecule has 0 radical (unpaired) electrons. The van der Waals surface area contributed by atoms with Crippen molar-refractivity contribution < 1.29 is 13.7 Å². The summed E-state index contributed by atoms with van der Waals surface area (Å²) in [5, 5.41) is 0.824. The molecule has 3 nitrogen and oxygen atoms in total. The minimum Gasteiger partial charge on any atom is -0.399 e. The number of fused-ring (bicyclic) bond motifs is 1. The first-order valence-electron chi connectivity index (χ1n) is 6.42. The minimum atomic E-state index is -0.529. The first kappa shape index (κ1) is 12.7. The predicted octanol–water partition coefficient (Wildman–Crippen LogP) is 2.61. The van der Waals surface area contributed by atoms with Crippen molar-refractivity contribution in [3.8, 4) is 0 Å². The summed E-state index contributed by atoms with van der Waals surface area (Å²) >= 11 is 0. The van der Waals surface area contributed by atoms with Crippen LogP contribution < -0.4 is 5.46 Å². The molecule has 0 amide bonds. The summed E-state index contributed by atoms with van der Waals surface area (Å²) in [6.45, 7) is 7.94. The highest BCUT2D eigenvalue weighted by Gasteiger charge is 2.51. The van der Waals surface area contributed by atoms with Gasteiger partial charge in [0.25, 0.3) is 0 Å². The molecule has 5 heteroatoms. The molecule has 0 saturated carbocycles. The van der Waals surface area contributed by atoms with Gasteiger partial charge in [0.15, 0.2) is 0 Å². The Labute approximate surface area is 112 Å². The van der Waals surface area contributed by atoms with Crippen LogP contribution in [0.3, 0.4) is 0 Å². The summed E-state index contributed by atoms with van der Waals surface area (Å²) < 4.78 is 25.8. The van der Waals surface area contributed by atoms with Crippen molar-refractivity contribution in [3.05, 3.63) is 30.2 Å². The average molecular weight is 261 g/mol. The van der Waals surface area contributed by atoms with Crippen LogP contribution in [0.15, 0.2) is 24.4 Å². The van der Waals surface area contributed by atoms with E-state index in [0.717, 1.165) is 5.39 Å². The van der Waals surface area contributed by atoms with Crippen molar-refractivity contribution in [2.24, 2.45) is 0 Å². The maximum atomic E-state index is 14.0. The summed E-state index contributed by atoms with van der Waals surface area (Å²) in [6, 6.07) is 5.21. The first-order chi connectivity index (χ1) is 8.80. The Morgan fingerprint density at radius 1 is 1.11 bits per heavy atom. The monoisotopic (exact) mass is 261 g/mol. The van der Waals surface area contributed by atoms with E-state index in [0.29, 0.717) is 11.0 Å². The van der Waals surface area contributed by atoms with E-state index < -0.39 is 18.3 Å². The standard InChI is InChI=1S/C14H17BFNO2/c1-13(2)14(3,4)19-15(18-13)10-7-9-5-6-17-12(9)11(16)8-10/h5-8,17H,1-4H3. The molecule has 1 saturated heterocycles. The molecule has 0 atom stereocenters. The zero-order valence-electron chi connectivity index (χ0n) is 11.6. The van der Waals surface area contributed by atoms with Crippen LogP contribution in [0.4, 0.5) is 4.39 Å². The molecular formula is C14H17BFNO2. The van der Waals surface area contributed by atoms with Gasteiger partial charge in [-0.2, -0.15) is 0 Å². The maximum absolute atomic E-state index is 14.0. The van der Waals surface area contributed by atoms with E-state index in [4.69, 9.17) is 9.31 Å². The first-order valence-corrected chi connectivity index (χ1v) is 6.42. The van der Waals surface area contributed by atoms with Crippen molar-refractivity contribution >= 4 is 23.5 Å². The summed E-state index contributed by atoms with van der Waals surface area (Å²) in [7, 11) is -0.529. The lowest BCUT2D eigenvalue weighted by Gasteiger charge is -2.32. The molecule has 1 fully saturated rings. The van der Waals surface area contributed by atoms with Gasteiger partial charge in [-0.1, -0.05) is 6.07 Å². The molecule has 1 aliphatic heterocycles. The van der Waals surface area contributed by atoms with Crippen molar-refractivity contribution in [1.82, 2.24) is 4.98 Å². The fourth-order valence-corrected chi connectivity index (χ4v) is 2.26. The van der Waals surface area contributed by atoms with E-state index >= 15 is 0 Å². The topological polar surface area (TPSA) is 34.2 Å². The number of nitrogens with one attached hydrogen (secondary N) is 1. The highest BCUT2D eigenvalue weighted by atomic mass is 19.1. The molecule has 3 rings (SSSR count). The van der Waals surface area contributed by atoms with Crippen LogP contribution in [0.2, 0.25) is 0 Å². The molecule has 1 aliphatic rings. The van der Waals surface area contributed by atoms with Gasteiger partial charge in [0, 0.05) is 11.6 Å². The normalized spacial score (nSPS) is 21.2. The number of hydrogen-bond donors (Lipinski definition) is 1. The Kier molecular flexibility index (Phi) is 2.56. The Bertz CT molecular complexity index is 619. The number of halogens is 1. The van der Waals surface area contributed by atoms with Crippen molar-refractivity contribution in [2.45, 2.75) is 38.9 Å². The molecule has 100 valence electrons. The van der Waals surface area contributed by atoms with Gasteiger partial charge in [-0.25, -0.2) is 4.39 Å². The Morgan fingerprint density at radius 2 is 1.74 bits per heavy atom. The largest absolute Gasteiger partial charge is 0.494 e. The van der Waals surface area contributed by atoms with Crippen LogP contribution in [0.1, 0.15) is 27.7 Å². The molecule has 1 N–H and O–H groups in total. The highest BCUT2D eigenvalue weighted by Crippen LogP contribution is 2.36. The van der Waals surface area contributed by atoms with Gasteiger partial charge in [0.05, 0.1) is 16.7 Å². The molecule has 2 aromatic rings. The van der Waals surface area contributed by atoms with Gasteiger partial charge < -0.3 is 14.3 Å². The summed E-state index contributed by atoms with van der Waals surface area (Å²) in [6.07, 6.45) is 1.72. The van der Waals surface area contributed by atoms with Crippen molar-refractivity contribution in [1.29, 1.82) is 0 Å². The fraction of sp³-hybridized carbons (Fsp3) is 0.429. The van der Waals surface area contributed by atoms with E-state index in [1.54, 1.807) is 6.20 Å². The van der Waals surface area contributed by atoms with Crippen LogP contribution in [0.5, 0.6) is 0 Å². The summed E-state index contributed by atoms with van der Waals surface area (Å²) in [5.74, 6) is -0.285. The molecule has 2 heterocycles. The lowest BCUT2D eigenvalue weighted by atomic mass is 9.78. The third kappa shape index (κ3) is 1.88. The molecule has 0 bridgehead atoms. The zero-order valence-corrected chi connectivity index (χ0v) is 11.6. The number of hydrogen-bond acceptors (Lipinski definition) is 2. The second-order valence-corrected chi connectivity index (χ2v) is 6.03. The summed E-state index contributed by atoms with van der Waals surface area (Å²) in [5.41, 5.74) is 0.395. The zero-order chi connectivity index (χ0) is 13.8. The Hall–Kier alpha value is -1.33. The van der Waals surface area contributed by atoms with Crippen LogP contribution >= 0.6 is 0 Å². The Balaban J connectivity index is 2.02. The number of rotatable bonds is 1. The second kappa shape index (κ2) is 3.84. The summed E-state index contributed by atoms with van der Waals surface area (Å²) in [4.78, 5) is 2.88. The van der Waals surface area contributed by atoms with Crippen LogP contribution in [-0.4, -0.2) is 23.3 Å². The highest BCUT2D eigenvalue weighted by molar-refractivity contribution is 6.62. The Morgan fingerprint density at radius 3 is 2.37 bits per heavy atom. The van der Waals surface area contributed by atoms with Crippen LogP contribution in [0, 0.1) is 5.82 Å². The van der Waals surface area contributed by atoms with Crippen molar-refractivity contribution in [3.63, 3.8) is 0 Å². The van der Waals surface area contributed by atoms with Gasteiger partial charge in [-0.05, 0) is 45.3 Å². The van der Waals surface area contributed by atoms with Crippen LogP contribution in [-0.2, 0) is 9.31 Å². The third-order valence-electron chi connectivity index (χ3n) is 4.16. The third-order valence-corrected chi connectivity index (χ3v) is 4.16. The minimum absolute atomic E-state index is 0.285. The van der Waals surface area contributed by atoms with E-state index in [-0.39, 0.29) is 5.82 Å². The van der Waals surface area contributed by atoms with Gasteiger partial charge >= 0.3 is 7.12 Å². The molecule has 19 heavy (non-hydrogen) atoms. The van der Waals surface area contributed by atoms with E-state index in [1.165, 1.54) is 6.07 Å². The SMILES string of the molecule is CC1(C)OB(c2cc(F)c3[nH]ccc3c2)OC1(C)C. The average Bonchev–Trinajstić information content (AvgIpc) is 2.82. The molecule has 0 unspecified atom stereocenters.